The van der Waals surface area contributed by atoms with Gasteiger partial charge in [-0.15, -0.1) is 24.0 Å². The van der Waals surface area contributed by atoms with Gasteiger partial charge in [-0.25, -0.2) is 4.99 Å². The van der Waals surface area contributed by atoms with Crippen LogP contribution in [0.5, 0.6) is 0 Å². The molecule has 0 amide bonds. The molecule has 2 unspecified atom stereocenters. The lowest BCUT2D eigenvalue weighted by Gasteiger charge is -2.32. The maximum atomic E-state index is 6.18. The van der Waals surface area contributed by atoms with Gasteiger partial charge in [-0.2, -0.15) is 0 Å². The van der Waals surface area contributed by atoms with Gasteiger partial charge >= 0.3 is 0 Å². The van der Waals surface area contributed by atoms with Crippen molar-refractivity contribution >= 4 is 29.9 Å². The lowest BCUT2D eigenvalue weighted by atomic mass is 9.89. The maximum absolute atomic E-state index is 6.18. The second-order valence-corrected chi connectivity index (χ2v) is 8.74. The Balaban J connectivity index is 0.00000363. The van der Waals surface area contributed by atoms with Crippen molar-refractivity contribution < 1.29 is 4.74 Å². The molecular weight excluding hydrogens is 511 g/mol. The first kappa shape index (κ1) is 26.6. The summed E-state index contributed by atoms with van der Waals surface area (Å²) in [6.07, 6.45) is 2.42. The fourth-order valence-electron chi connectivity index (χ4n) is 4.11. The molecule has 1 fully saturated rings. The van der Waals surface area contributed by atoms with Gasteiger partial charge in [0.05, 0.1) is 12.6 Å². The van der Waals surface area contributed by atoms with Crippen LogP contribution < -0.4 is 10.6 Å². The molecule has 2 aromatic rings. The number of benzene rings is 2. The number of hydrogen-bond acceptors (Lipinski definition) is 3. The third-order valence-corrected chi connectivity index (χ3v) is 5.64. The van der Waals surface area contributed by atoms with Crippen molar-refractivity contribution in [2.75, 3.05) is 33.8 Å². The number of aliphatic imine (C=N–C) groups is 1. The van der Waals surface area contributed by atoms with E-state index < -0.39 is 0 Å². The SMILES string of the molecule is CCNC(=NCc1cccc(CN(C)C)c1)NCC1CCCOC1c1ccc(C)cc1.I. The van der Waals surface area contributed by atoms with E-state index in [-0.39, 0.29) is 30.1 Å². The second kappa shape index (κ2) is 13.8. The van der Waals surface area contributed by atoms with Gasteiger partial charge in [-0.1, -0.05) is 54.1 Å². The number of aryl methyl sites for hydroxylation is 1. The molecule has 0 spiro atoms. The highest BCUT2D eigenvalue weighted by Crippen LogP contribution is 2.33. The predicted octanol–water partition coefficient (Wildman–Crippen LogP) is 4.90. The molecule has 2 atom stereocenters. The molecule has 5 nitrogen and oxygen atoms in total. The molecular formula is C26H39IN4O. The van der Waals surface area contributed by atoms with Crippen LogP contribution in [0.2, 0.25) is 0 Å². The molecule has 2 aromatic carbocycles. The molecule has 0 radical (unpaired) electrons. The van der Waals surface area contributed by atoms with Crippen LogP contribution in [0.25, 0.3) is 0 Å². The third-order valence-electron chi connectivity index (χ3n) is 5.64. The standard InChI is InChI=1S/C26H38N4O.HI/c1-5-27-26(28-17-21-8-6-9-22(16-21)19-30(3)4)29-18-24-10-7-15-31-25(24)23-13-11-20(2)12-14-23;/h6,8-9,11-14,16,24-25H,5,7,10,15,17-19H2,1-4H3,(H2,27,28,29);1H. The zero-order valence-corrected chi connectivity index (χ0v) is 22.3. The largest absolute Gasteiger partial charge is 0.373 e. The van der Waals surface area contributed by atoms with E-state index in [1.807, 2.05) is 0 Å². The van der Waals surface area contributed by atoms with E-state index in [4.69, 9.17) is 9.73 Å². The van der Waals surface area contributed by atoms with Gasteiger partial charge in [0, 0.05) is 32.2 Å². The maximum Gasteiger partial charge on any atom is 0.191 e. The first-order valence-electron chi connectivity index (χ1n) is 11.5. The van der Waals surface area contributed by atoms with E-state index in [1.54, 1.807) is 0 Å². The van der Waals surface area contributed by atoms with E-state index in [2.05, 4.69) is 92.0 Å². The predicted molar refractivity (Wildman–Crippen MR) is 145 cm³/mol. The number of nitrogens with zero attached hydrogens (tertiary/aromatic N) is 2. The summed E-state index contributed by atoms with van der Waals surface area (Å²) in [6.45, 7) is 8.37. The first-order valence-corrected chi connectivity index (χ1v) is 11.5. The summed E-state index contributed by atoms with van der Waals surface area (Å²) in [5.74, 6) is 1.30. The Morgan fingerprint density at radius 3 is 2.56 bits per heavy atom. The summed E-state index contributed by atoms with van der Waals surface area (Å²) in [5.41, 5.74) is 5.10. The fourth-order valence-corrected chi connectivity index (χ4v) is 4.11. The third kappa shape index (κ3) is 8.37. The van der Waals surface area contributed by atoms with E-state index >= 15 is 0 Å². The van der Waals surface area contributed by atoms with E-state index in [0.29, 0.717) is 12.5 Å². The molecule has 0 bridgehead atoms. The average Bonchev–Trinajstić information content (AvgIpc) is 2.76. The molecule has 1 aliphatic rings. The lowest BCUT2D eigenvalue weighted by molar-refractivity contribution is -0.0265. The Hall–Kier alpha value is -1.64. The molecule has 6 heteroatoms. The van der Waals surface area contributed by atoms with Crippen molar-refractivity contribution in [3.8, 4) is 0 Å². The van der Waals surface area contributed by atoms with Crippen LogP contribution in [0.3, 0.4) is 0 Å². The summed E-state index contributed by atoms with van der Waals surface area (Å²) < 4.78 is 6.18. The van der Waals surface area contributed by atoms with Crippen molar-refractivity contribution in [1.29, 1.82) is 0 Å². The molecule has 3 rings (SSSR count). The Morgan fingerprint density at radius 2 is 1.84 bits per heavy atom. The topological polar surface area (TPSA) is 48.9 Å². The summed E-state index contributed by atoms with van der Waals surface area (Å²) in [5, 5.41) is 6.96. The number of halogens is 1. The molecule has 1 aliphatic heterocycles. The molecule has 0 aliphatic carbocycles. The highest BCUT2D eigenvalue weighted by Gasteiger charge is 2.27. The van der Waals surface area contributed by atoms with Crippen molar-refractivity contribution in [2.45, 2.75) is 45.9 Å². The summed E-state index contributed by atoms with van der Waals surface area (Å²) >= 11 is 0. The molecule has 32 heavy (non-hydrogen) atoms. The zero-order valence-electron chi connectivity index (χ0n) is 19.9. The molecule has 1 heterocycles. The number of hydrogen-bond donors (Lipinski definition) is 2. The normalized spacial score (nSPS) is 18.8. The Bertz CT molecular complexity index is 838. The molecule has 2 N–H and O–H groups in total. The summed E-state index contributed by atoms with van der Waals surface area (Å²) in [4.78, 5) is 7.02. The fraction of sp³-hybridized carbons (Fsp3) is 0.500. The summed E-state index contributed by atoms with van der Waals surface area (Å²) in [6, 6.07) is 17.4. The highest BCUT2D eigenvalue weighted by molar-refractivity contribution is 14.0. The number of nitrogens with one attached hydrogen (secondary N) is 2. The van der Waals surface area contributed by atoms with Gasteiger partial charge in [-0.05, 0) is 57.5 Å². The molecule has 1 saturated heterocycles. The summed E-state index contributed by atoms with van der Waals surface area (Å²) in [7, 11) is 4.19. The van der Waals surface area contributed by atoms with Gasteiger partial charge < -0.3 is 20.3 Å². The average molecular weight is 551 g/mol. The van der Waals surface area contributed by atoms with Gasteiger partial charge in [0.25, 0.3) is 0 Å². The number of guanidine groups is 1. The quantitative estimate of drug-likeness (QED) is 0.279. The van der Waals surface area contributed by atoms with Crippen molar-refractivity contribution in [3.05, 3.63) is 70.8 Å². The van der Waals surface area contributed by atoms with Crippen LogP contribution >= 0.6 is 24.0 Å². The van der Waals surface area contributed by atoms with Crippen LogP contribution in [-0.4, -0.2) is 44.7 Å². The van der Waals surface area contributed by atoms with Crippen LogP contribution in [0.1, 0.15) is 48.1 Å². The Kier molecular flexibility index (Phi) is 11.5. The van der Waals surface area contributed by atoms with Gasteiger partial charge in [0.2, 0.25) is 0 Å². The highest BCUT2D eigenvalue weighted by atomic mass is 127. The Morgan fingerprint density at radius 1 is 1.09 bits per heavy atom. The number of rotatable bonds is 8. The molecule has 176 valence electrons. The van der Waals surface area contributed by atoms with Crippen LogP contribution in [0.15, 0.2) is 53.5 Å². The van der Waals surface area contributed by atoms with Gasteiger partial charge in [0.15, 0.2) is 5.96 Å². The minimum absolute atomic E-state index is 0. The second-order valence-electron chi connectivity index (χ2n) is 8.74. The number of ether oxygens (including phenoxy) is 1. The van der Waals surface area contributed by atoms with Crippen molar-refractivity contribution in [2.24, 2.45) is 10.9 Å². The van der Waals surface area contributed by atoms with E-state index in [9.17, 15) is 0 Å². The lowest BCUT2D eigenvalue weighted by Crippen LogP contribution is -2.42. The van der Waals surface area contributed by atoms with Crippen molar-refractivity contribution in [1.82, 2.24) is 15.5 Å². The molecule has 0 saturated carbocycles. The smallest absolute Gasteiger partial charge is 0.191 e. The first-order chi connectivity index (χ1) is 15.0. The van der Waals surface area contributed by atoms with E-state index in [0.717, 1.165) is 45.0 Å². The van der Waals surface area contributed by atoms with Gasteiger partial charge in [0.1, 0.15) is 0 Å². The zero-order chi connectivity index (χ0) is 22.1. The minimum Gasteiger partial charge on any atom is -0.373 e. The van der Waals surface area contributed by atoms with E-state index in [1.165, 1.54) is 22.3 Å². The Labute approximate surface area is 211 Å². The van der Waals surface area contributed by atoms with Crippen LogP contribution in [0.4, 0.5) is 0 Å². The van der Waals surface area contributed by atoms with Crippen LogP contribution in [0, 0.1) is 12.8 Å². The van der Waals surface area contributed by atoms with Crippen molar-refractivity contribution in [3.63, 3.8) is 0 Å². The van der Waals surface area contributed by atoms with Crippen LogP contribution in [-0.2, 0) is 17.8 Å². The van der Waals surface area contributed by atoms with Gasteiger partial charge in [-0.3, -0.25) is 0 Å². The monoisotopic (exact) mass is 550 g/mol. The minimum atomic E-state index is 0. The molecule has 0 aromatic heterocycles.